The summed E-state index contributed by atoms with van der Waals surface area (Å²) < 4.78 is 5.83. The lowest BCUT2D eigenvalue weighted by atomic mass is 10.0. The Kier molecular flexibility index (Phi) is 6.46. The number of ether oxygens (including phenoxy) is 1. The van der Waals surface area contributed by atoms with Crippen LogP contribution in [0.4, 0.5) is 0 Å². The van der Waals surface area contributed by atoms with Gasteiger partial charge in [0.25, 0.3) is 0 Å². The summed E-state index contributed by atoms with van der Waals surface area (Å²) in [5.41, 5.74) is 1.06. The van der Waals surface area contributed by atoms with Gasteiger partial charge in [0.05, 0.1) is 18.5 Å². The number of aromatic nitrogens is 1. The zero-order valence-electron chi connectivity index (χ0n) is 13.6. The first-order valence-electron chi connectivity index (χ1n) is 8.16. The summed E-state index contributed by atoms with van der Waals surface area (Å²) in [5.74, 6) is 0.877. The fraction of sp³-hybridized carbons (Fsp3) is 0.706. The quantitative estimate of drug-likeness (QED) is 0.838. The van der Waals surface area contributed by atoms with Crippen molar-refractivity contribution >= 4 is 0 Å². The van der Waals surface area contributed by atoms with Crippen molar-refractivity contribution in [2.75, 3.05) is 20.2 Å². The maximum absolute atomic E-state index is 5.83. The summed E-state index contributed by atoms with van der Waals surface area (Å²) in [4.78, 5) is 6.90. The molecule has 1 atom stereocenters. The third-order valence-electron chi connectivity index (χ3n) is 4.13. The smallest absolute Gasteiger partial charge is 0.137 e. The van der Waals surface area contributed by atoms with E-state index >= 15 is 0 Å². The van der Waals surface area contributed by atoms with Crippen LogP contribution in [0.2, 0.25) is 0 Å². The second-order valence-electron chi connectivity index (χ2n) is 6.29. The van der Waals surface area contributed by atoms with E-state index in [0.29, 0.717) is 12.1 Å². The first kappa shape index (κ1) is 16.2. The molecule has 1 aromatic rings. The third kappa shape index (κ3) is 5.64. The van der Waals surface area contributed by atoms with Crippen molar-refractivity contribution in [3.8, 4) is 5.75 Å². The standard InChI is InChI=1S/C17H29N3O/c1-14(2)18-12-15-7-8-17(13-19-15)21-11-9-16-6-4-5-10-20(16)3/h7-8,13-14,16,18H,4-6,9-12H2,1-3H3. The highest BCUT2D eigenvalue weighted by molar-refractivity contribution is 5.19. The number of hydrogen-bond donors (Lipinski definition) is 1. The highest BCUT2D eigenvalue weighted by Crippen LogP contribution is 2.18. The Morgan fingerprint density at radius 3 is 2.90 bits per heavy atom. The van der Waals surface area contributed by atoms with Gasteiger partial charge in [0.15, 0.2) is 0 Å². The summed E-state index contributed by atoms with van der Waals surface area (Å²) in [6.07, 6.45) is 6.94. The highest BCUT2D eigenvalue weighted by atomic mass is 16.5. The summed E-state index contributed by atoms with van der Waals surface area (Å²) in [7, 11) is 2.22. The number of nitrogens with one attached hydrogen (secondary N) is 1. The Balaban J connectivity index is 1.70. The summed E-state index contributed by atoms with van der Waals surface area (Å²) in [5, 5.41) is 3.36. The molecule has 1 aliphatic heterocycles. The molecule has 21 heavy (non-hydrogen) atoms. The molecule has 2 heterocycles. The van der Waals surface area contributed by atoms with Crippen LogP contribution in [0.5, 0.6) is 5.75 Å². The van der Waals surface area contributed by atoms with Crippen LogP contribution in [-0.2, 0) is 6.54 Å². The summed E-state index contributed by atoms with van der Waals surface area (Å²) in [6.45, 7) is 7.09. The Morgan fingerprint density at radius 2 is 2.24 bits per heavy atom. The summed E-state index contributed by atoms with van der Waals surface area (Å²) >= 11 is 0. The largest absolute Gasteiger partial charge is 0.492 e. The van der Waals surface area contributed by atoms with Gasteiger partial charge in [0.1, 0.15) is 5.75 Å². The Labute approximate surface area is 128 Å². The number of rotatable bonds is 7. The van der Waals surface area contributed by atoms with E-state index in [-0.39, 0.29) is 0 Å². The Hall–Kier alpha value is -1.13. The first-order chi connectivity index (χ1) is 10.1. The van der Waals surface area contributed by atoms with Crippen molar-refractivity contribution < 1.29 is 4.74 Å². The van der Waals surface area contributed by atoms with Crippen LogP contribution >= 0.6 is 0 Å². The number of piperidine rings is 1. The minimum Gasteiger partial charge on any atom is -0.492 e. The third-order valence-corrected chi connectivity index (χ3v) is 4.13. The average Bonchev–Trinajstić information content (AvgIpc) is 2.48. The first-order valence-corrected chi connectivity index (χ1v) is 8.16. The van der Waals surface area contributed by atoms with Gasteiger partial charge in [0.2, 0.25) is 0 Å². The molecule has 2 rings (SSSR count). The molecule has 1 aliphatic rings. The Bertz CT molecular complexity index is 405. The molecular formula is C17H29N3O. The number of hydrogen-bond acceptors (Lipinski definition) is 4. The van der Waals surface area contributed by atoms with Crippen molar-refractivity contribution in [1.29, 1.82) is 0 Å². The van der Waals surface area contributed by atoms with Crippen LogP contribution in [0.15, 0.2) is 18.3 Å². The van der Waals surface area contributed by atoms with Gasteiger partial charge in [0, 0.05) is 18.6 Å². The van der Waals surface area contributed by atoms with Gasteiger partial charge >= 0.3 is 0 Å². The second-order valence-corrected chi connectivity index (χ2v) is 6.29. The SMILES string of the molecule is CC(C)NCc1ccc(OCCC2CCCCN2C)cn1. The van der Waals surface area contributed by atoms with Crippen LogP contribution in [0, 0.1) is 0 Å². The molecule has 0 aliphatic carbocycles. The molecule has 0 bridgehead atoms. The number of pyridine rings is 1. The Morgan fingerprint density at radius 1 is 1.38 bits per heavy atom. The van der Waals surface area contributed by atoms with Crippen LogP contribution in [0.25, 0.3) is 0 Å². The molecule has 1 saturated heterocycles. The zero-order chi connectivity index (χ0) is 15.1. The van der Waals surface area contributed by atoms with Crippen molar-refractivity contribution in [3.05, 3.63) is 24.0 Å². The molecule has 0 saturated carbocycles. The van der Waals surface area contributed by atoms with Gasteiger partial charge in [-0.2, -0.15) is 0 Å². The zero-order valence-corrected chi connectivity index (χ0v) is 13.6. The molecule has 0 spiro atoms. The fourth-order valence-electron chi connectivity index (χ4n) is 2.73. The van der Waals surface area contributed by atoms with Gasteiger partial charge in [-0.05, 0) is 45.0 Å². The fourth-order valence-corrected chi connectivity index (χ4v) is 2.73. The van der Waals surface area contributed by atoms with E-state index < -0.39 is 0 Å². The number of likely N-dealkylation sites (tertiary alicyclic amines) is 1. The molecule has 1 fully saturated rings. The molecule has 118 valence electrons. The number of nitrogens with zero attached hydrogens (tertiary/aromatic N) is 2. The van der Waals surface area contributed by atoms with Gasteiger partial charge in [-0.25, -0.2) is 0 Å². The minimum atomic E-state index is 0.482. The van der Waals surface area contributed by atoms with Crippen LogP contribution in [-0.4, -0.2) is 42.2 Å². The average molecular weight is 291 g/mol. The normalized spacial score (nSPS) is 19.9. The molecule has 4 heteroatoms. The molecule has 0 aromatic carbocycles. The van der Waals surface area contributed by atoms with Crippen molar-refractivity contribution in [2.24, 2.45) is 0 Å². The van der Waals surface area contributed by atoms with Crippen molar-refractivity contribution in [2.45, 2.75) is 58.2 Å². The van der Waals surface area contributed by atoms with Crippen molar-refractivity contribution in [3.63, 3.8) is 0 Å². The molecular weight excluding hydrogens is 262 g/mol. The van der Waals surface area contributed by atoms with E-state index in [1.54, 1.807) is 0 Å². The van der Waals surface area contributed by atoms with Gasteiger partial charge in [-0.15, -0.1) is 0 Å². The van der Waals surface area contributed by atoms with E-state index in [2.05, 4.69) is 36.1 Å². The van der Waals surface area contributed by atoms with Gasteiger partial charge < -0.3 is 15.0 Å². The highest BCUT2D eigenvalue weighted by Gasteiger charge is 2.18. The van der Waals surface area contributed by atoms with E-state index in [0.717, 1.165) is 31.0 Å². The van der Waals surface area contributed by atoms with Crippen LogP contribution < -0.4 is 10.1 Å². The molecule has 4 nitrogen and oxygen atoms in total. The lowest BCUT2D eigenvalue weighted by Crippen LogP contribution is -2.37. The van der Waals surface area contributed by atoms with Crippen molar-refractivity contribution in [1.82, 2.24) is 15.2 Å². The molecule has 0 amide bonds. The second kappa shape index (κ2) is 8.35. The summed E-state index contributed by atoms with van der Waals surface area (Å²) in [6, 6.07) is 5.23. The lowest BCUT2D eigenvalue weighted by molar-refractivity contribution is 0.153. The van der Waals surface area contributed by atoms with E-state index in [1.807, 2.05) is 18.3 Å². The van der Waals surface area contributed by atoms with Gasteiger partial charge in [-0.1, -0.05) is 20.3 Å². The molecule has 1 aromatic heterocycles. The predicted molar refractivity (Wildman–Crippen MR) is 86.6 cm³/mol. The molecule has 1 N–H and O–H groups in total. The van der Waals surface area contributed by atoms with Crippen LogP contribution in [0.3, 0.4) is 0 Å². The van der Waals surface area contributed by atoms with E-state index in [4.69, 9.17) is 4.74 Å². The van der Waals surface area contributed by atoms with E-state index in [9.17, 15) is 0 Å². The van der Waals surface area contributed by atoms with Gasteiger partial charge in [-0.3, -0.25) is 4.98 Å². The predicted octanol–water partition coefficient (Wildman–Crippen LogP) is 2.83. The molecule has 1 unspecified atom stereocenters. The molecule has 0 radical (unpaired) electrons. The maximum Gasteiger partial charge on any atom is 0.137 e. The van der Waals surface area contributed by atoms with E-state index in [1.165, 1.54) is 25.8 Å². The van der Waals surface area contributed by atoms with Crippen LogP contribution in [0.1, 0.15) is 45.2 Å². The lowest BCUT2D eigenvalue weighted by Gasteiger charge is -2.32. The maximum atomic E-state index is 5.83. The monoisotopic (exact) mass is 291 g/mol. The minimum absolute atomic E-state index is 0.482. The topological polar surface area (TPSA) is 37.4 Å².